The van der Waals surface area contributed by atoms with Gasteiger partial charge in [0.05, 0.1) is 5.54 Å². The van der Waals surface area contributed by atoms with Crippen LogP contribution >= 0.6 is 0 Å². The monoisotopic (exact) mass is 320 g/mol. The average molecular weight is 320 g/mol. The van der Waals surface area contributed by atoms with Gasteiger partial charge >= 0.3 is 0 Å². The standard InChI is InChI=1S/C17H28N4O2/c1-16(13-12-14(22)19-18-13)7-10-21(11-8-16)15(23)17(2)6-4-5-9-20(17)3/h12H,4-11H2,1-3H3,(H2,18,19,22). The van der Waals surface area contributed by atoms with E-state index in [2.05, 4.69) is 36.0 Å². The third kappa shape index (κ3) is 2.84. The van der Waals surface area contributed by atoms with Crippen molar-refractivity contribution in [3.8, 4) is 0 Å². The molecule has 1 atom stereocenters. The highest BCUT2D eigenvalue weighted by molar-refractivity contribution is 5.86. The lowest BCUT2D eigenvalue weighted by Crippen LogP contribution is -2.60. The van der Waals surface area contributed by atoms with E-state index in [1.807, 2.05) is 4.90 Å². The maximum atomic E-state index is 13.1. The van der Waals surface area contributed by atoms with E-state index >= 15 is 0 Å². The van der Waals surface area contributed by atoms with E-state index in [1.54, 1.807) is 6.07 Å². The number of hydrogen-bond donors (Lipinski definition) is 2. The fourth-order valence-corrected chi connectivity index (χ4v) is 4.00. The van der Waals surface area contributed by atoms with Crippen molar-refractivity contribution in [1.82, 2.24) is 20.0 Å². The summed E-state index contributed by atoms with van der Waals surface area (Å²) < 4.78 is 0. The normalized spacial score (nSPS) is 28.7. The van der Waals surface area contributed by atoms with E-state index in [0.717, 1.165) is 51.0 Å². The Bertz CT molecular complexity index is 627. The Labute approximate surface area is 137 Å². The molecule has 6 nitrogen and oxygen atoms in total. The van der Waals surface area contributed by atoms with Gasteiger partial charge in [-0.15, -0.1) is 0 Å². The minimum absolute atomic E-state index is 0.0602. The Kier molecular flexibility index (Phi) is 4.12. The summed E-state index contributed by atoms with van der Waals surface area (Å²) in [6.45, 7) is 6.77. The molecular formula is C17H28N4O2. The molecule has 0 spiro atoms. The number of likely N-dealkylation sites (tertiary alicyclic amines) is 2. The van der Waals surface area contributed by atoms with Crippen LogP contribution in [0, 0.1) is 0 Å². The highest BCUT2D eigenvalue weighted by Gasteiger charge is 2.44. The number of aromatic nitrogens is 2. The van der Waals surface area contributed by atoms with Crippen LogP contribution in [0.4, 0.5) is 0 Å². The van der Waals surface area contributed by atoms with Crippen molar-refractivity contribution in [3.63, 3.8) is 0 Å². The number of piperidine rings is 2. The Morgan fingerprint density at radius 2 is 1.78 bits per heavy atom. The Morgan fingerprint density at radius 3 is 2.35 bits per heavy atom. The van der Waals surface area contributed by atoms with Crippen LogP contribution < -0.4 is 5.56 Å². The molecule has 1 unspecified atom stereocenters. The van der Waals surface area contributed by atoms with Crippen molar-refractivity contribution in [2.75, 3.05) is 26.7 Å². The second-order valence-electron chi connectivity index (χ2n) is 7.68. The van der Waals surface area contributed by atoms with Crippen molar-refractivity contribution in [2.24, 2.45) is 0 Å². The maximum Gasteiger partial charge on any atom is 0.264 e. The molecule has 2 aliphatic rings. The first-order valence-electron chi connectivity index (χ1n) is 8.64. The number of H-pyrrole nitrogens is 2. The molecule has 1 amide bonds. The van der Waals surface area contributed by atoms with E-state index in [0.29, 0.717) is 0 Å². The highest BCUT2D eigenvalue weighted by atomic mass is 16.2. The van der Waals surface area contributed by atoms with Gasteiger partial charge in [0.2, 0.25) is 5.91 Å². The summed E-state index contributed by atoms with van der Waals surface area (Å²) in [5, 5.41) is 5.61. The first-order valence-corrected chi connectivity index (χ1v) is 8.64. The Morgan fingerprint density at radius 1 is 1.09 bits per heavy atom. The SMILES string of the molecule is CN1CCCCC1(C)C(=O)N1CCC(C)(c2cc(=O)[nH][nH]2)CC1. The molecular weight excluding hydrogens is 292 g/mol. The third-order valence-corrected chi connectivity index (χ3v) is 6.11. The molecule has 0 bridgehead atoms. The van der Waals surface area contributed by atoms with E-state index < -0.39 is 0 Å². The molecule has 23 heavy (non-hydrogen) atoms. The predicted octanol–water partition coefficient (Wildman–Crippen LogP) is 1.46. The van der Waals surface area contributed by atoms with Crippen molar-refractivity contribution < 1.29 is 4.79 Å². The van der Waals surface area contributed by atoms with Crippen LogP contribution in [-0.2, 0) is 10.2 Å². The molecule has 2 aliphatic heterocycles. The van der Waals surface area contributed by atoms with Crippen molar-refractivity contribution in [2.45, 2.75) is 56.9 Å². The van der Waals surface area contributed by atoms with Crippen LogP contribution in [0.1, 0.15) is 51.6 Å². The van der Waals surface area contributed by atoms with Gasteiger partial charge in [0.1, 0.15) is 0 Å². The minimum Gasteiger partial charge on any atom is -0.341 e. The number of rotatable bonds is 2. The first-order chi connectivity index (χ1) is 10.8. The van der Waals surface area contributed by atoms with Gasteiger partial charge in [0, 0.05) is 30.3 Å². The largest absolute Gasteiger partial charge is 0.341 e. The number of nitrogens with zero attached hydrogens (tertiary/aromatic N) is 2. The molecule has 0 saturated carbocycles. The number of carbonyl (C=O) groups excluding carboxylic acids is 1. The quantitative estimate of drug-likeness (QED) is 0.866. The summed E-state index contributed by atoms with van der Waals surface area (Å²) in [6, 6.07) is 1.65. The fourth-order valence-electron chi connectivity index (χ4n) is 4.00. The molecule has 3 heterocycles. The number of hydrogen-bond acceptors (Lipinski definition) is 3. The third-order valence-electron chi connectivity index (χ3n) is 6.11. The van der Waals surface area contributed by atoms with E-state index in [-0.39, 0.29) is 22.4 Å². The van der Waals surface area contributed by atoms with Crippen molar-refractivity contribution in [1.29, 1.82) is 0 Å². The van der Waals surface area contributed by atoms with Gasteiger partial charge in [-0.2, -0.15) is 0 Å². The van der Waals surface area contributed by atoms with Crippen LogP contribution in [0.2, 0.25) is 0 Å². The topological polar surface area (TPSA) is 72.2 Å². The lowest BCUT2D eigenvalue weighted by atomic mass is 9.77. The molecule has 0 radical (unpaired) electrons. The summed E-state index contributed by atoms with van der Waals surface area (Å²) in [5.74, 6) is 0.268. The predicted molar refractivity (Wildman–Crippen MR) is 89.5 cm³/mol. The molecule has 2 N–H and O–H groups in total. The summed E-state index contributed by atoms with van der Waals surface area (Å²) in [7, 11) is 2.07. The number of carbonyl (C=O) groups is 1. The van der Waals surface area contributed by atoms with E-state index in [9.17, 15) is 9.59 Å². The molecule has 0 aliphatic carbocycles. The van der Waals surface area contributed by atoms with Crippen molar-refractivity contribution >= 4 is 5.91 Å². The molecule has 1 aromatic heterocycles. The molecule has 6 heteroatoms. The number of aromatic amines is 2. The molecule has 1 aromatic rings. The Balaban J connectivity index is 1.69. The van der Waals surface area contributed by atoms with Gasteiger partial charge in [-0.25, -0.2) is 0 Å². The summed E-state index contributed by atoms with van der Waals surface area (Å²) in [4.78, 5) is 28.7. The highest BCUT2D eigenvalue weighted by Crippen LogP contribution is 2.35. The number of amides is 1. The van der Waals surface area contributed by atoms with E-state index in [4.69, 9.17) is 0 Å². The zero-order valence-corrected chi connectivity index (χ0v) is 14.4. The first kappa shape index (κ1) is 16.3. The fraction of sp³-hybridized carbons (Fsp3) is 0.765. The smallest absolute Gasteiger partial charge is 0.264 e. The maximum absolute atomic E-state index is 13.1. The van der Waals surface area contributed by atoms with Crippen LogP contribution in [-0.4, -0.2) is 58.1 Å². The van der Waals surface area contributed by atoms with Crippen LogP contribution in [0.15, 0.2) is 10.9 Å². The summed E-state index contributed by atoms with van der Waals surface area (Å²) in [5.41, 5.74) is 0.454. The van der Waals surface area contributed by atoms with Gasteiger partial charge in [-0.1, -0.05) is 6.92 Å². The molecule has 128 valence electrons. The molecule has 3 rings (SSSR count). The number of likely N-dealkylation sites (N-methyl/N-ethyl adjacent to an activating group) is 1. The Hall–Kier alpha value is -1.56. The van der Waals surface area contributed by atoms with E-state index in [1.165, 1.54) is 6.42 Å². The number of nitrogens with one attached hydrogen (secondary N) is 2. The van der Waals surface area contributed by atoms with Crippen LogP contribution in [0.25, 0.3) is 0 Å². The average Bonchev–Trinajstić information content (AvgIpc) is 2.98. The van der Waals surface area contributed by atoms with Gasteiger partial charge in [0.25, 0.3) is 5.56 Å². The zero-order chi connectivity index (χ0) is 16.7. The summed E-state index contributed by atoms with van der Waals surface area (Å²) >= 11 is 0. The van der Waals surface area contributed by atoms with Crippen LogP contribution in [0.3, 0.4) is 0 Å². The lowest BCUT2D eigenvalue weighted by Gasteiger charge is -2.46. The molecule has 2 fully saturated rings. The second kappa shape index (κ2) is 5.82. The molecule has 0 aromatic carbocycles. The van der Waals surface area contributed by atoms with Gasteiger partial charge in [-0.3, -0.25) is 19.6 Å². The molecule has 2 saturated heterocycles. The zero-order valence-electron chi connectivity index (χ0n) is 14.4. The van der Waals surface area contributed by atoms with Gasteiger partial charge in [-0.05, 0) is 52.6 Å². The van der Waals surface area contributed by atoms with Crippen LogP contribution in [0.5, 0.6) is 0 Å². The summed E-state index contributed by atoms with van der Waals surface area (Å²) in [6.07, 6.45) is 5.01. The lowest BCUT2D eigenvalue weighted by molar-refractivity contribution is -0.146. The second-order valence-corrected chi connectivity index (χ2v) is 7.68. The minimum atomic E-state index is -0.353. The van der Waals surface area contributed by atoms with Gasteiger partial charge in [0.15, 0.2) is 0 Å². The van der Waals surface area contributed by atoms with Gasteiger partial charge < -0.3 is 10.00 Å². The van der Waals surface area contributed by atoms with Crippen molar-refractivity contribution in [3.05, 3.63) is 22.1 Å².